The summed E-state index contributed by atoms with van der Waals surface area (Å²) in [5.41, 5.74) is 13.7. The van der Waals surface area contributed by atoms with E-state index in [-0.39, 0.29) is 6.04 Å². The minimum absolute atomic E-state index is 0.252. The van der Waals surface area contributed by atoms with E-state index in [9.17, 15) is 0 Å². The predicted molar refractivity (Wildman–Crippen MR) is 86.3 cm³/mol. The molecule has 0 spiro atoms. The smallest absolute Gasteiger partial charge is 0.138 e. The Kier molecular flexibility index (Phi) is 2.58. The summed E-state index contributed by atoms with van der Waals surface area (Å²) < 4.78 is 1.28. The van der Waals surface area contributed by atoms with Gasteiger partial charge in [0.1, 0.15) is 5.82 Å². The summed E-state index contributed by atoms with van der Waals surface area (Å²) in [6.45, 7) is 1.86. The van der Waals surface area contributed by atoms with Crippen molar-refractivity contribution in [3.63, 3.8) is 0 Å². The highest BCUT2D eigenvalue weighted by atomic mass is 32.1. The van der Waals surface area contributed by atoms with Crippen LogP contribution in [0.1, 0.15) is 6.42 Å². The van der Waals surface area contributed by atoms with Crippen molar-refractivity contribution in [1.29, 1.82) is 0 Å². The molecule has 1 aromatic carbocycles. The summed E-state index contributed by atoms with van der Waals surface area (Å²) in [7, 11) is 0. The van der Waals surface area contributed by atoms with Crippen LogP contribution in [0.2, 0.25) is 0 Å². The number of benzene rings is 1. The number of nitrogens with zero attached hydrogens (tertiary/aromatic N) is 2. The molecule has 0 saturated carbocycles. The van der Waals surface area contributed by atoms with Crippen LogP contribution in [-0.2, 0) is 0 Å². The summed E-state index contributed by atoms with van der Waals surface area (Å²) in [6, 6.07) is 8.36. The molecule has 102 valence electrons. The molecule has 1 fully saturated rings. The largest absolute Gasteiger partial charge is 0.399 e. The number of hydrogen-bond acceptors (Lipinski definition) is 5. The monoisotopic (exact) mass is 284 g/mol. The van der Waals surface area contributed by atoms with Gasteiger partial charge in [-0.05, 0) is 36.1 Å². The fraction of sp³-hybridized carbons (Fsp3) is 0.267. The summed E-state index contributed by atoms with van der Waals surface area (Å²) in [6.07, 6.45) is 1.03. The number of thiophene rings is 1. The van der Waals surface area contributed by atoms with E-state index in [0.717, 1.165) is 36.5 Å². The minimum atomic E-state index is 0.252. The second-order valence-corrected chi connectivity index (χ2v) is 6.29. The van der Waals surface area contributed by atoms with Crippen molar-refractivity contribution in [3.05, 3.63) is 29.6 Å². The molecule has 0 bridgehead atoms. The van der Waals surface area contributed by atoms with Crippen molar-refractivity contribution in [1.82, 2.24) is 4.98 Å². The van der Waals surface area contributed by atoms with E-state index in [1.54, 1.807) is 11.3 Å². The molecule has 4 rings (SSSR count). The van der Waals surface area contributed by atoms with Crippen LogP contribution in [0.4, 0.5) is 11.5 Å². The molecule has 0 amide bonds. The van der Waals surface area contributed by atoms with Crippen LogP contribution in [0.3, 0.4) is 0 Å². The third-order valence-electron chi connectivity index (χ3n) is 3.92. The van der Waals surface area contributed by atoms with Gasteiger partial charge in [-0.15, -0.1) is 11.3 Å². The summed E-state index contributed by atoms with van der Waals surface area (Å²) in [5.74, 6) is 1.05. The molecule has 1 aliphatic heterocycles. The van der Waals surface area contributed by atoms with Crippen LogP contribution in [0.15, 0.2) is 29.6 Å². The predicted octanol–water partition coefficient (Wildman–Crippen LogP) is 2.57. The van der Waals surface area contributed by atoms with E-state index < -0.39 is 0 Å². The number of aromatic nitrogens is 1. The molecule has 1 unspecified atom stereocenters. The maximum absolute atomic E-state index is 6.03. The third-order valence-corrected chi connectivity index (χ3v) is 4.87. The Hall–Kier alpha value is -1.85. The van der Waals surface area contributed by atoms with Gasteiger partial charge in [0.05, 0.1) is 5.52 Å². The van der Waals surface area contributed by atoms with Crippen molar-refractivity contribution in [3.8, 4) is 0 Å². The van der Waals surface area contributed by atoms with Crippen LogP contribution in [0.25, 0.3) is 21.0 Å². The number of nitrogens with two attached hydrogens (primary N) is 2. The molecule has 4 nitrogen and oxygen atoms in total. The highest BCUT2D eigenvalue weighted by Crippen LogP contribution is 2.36. The highest BCUT2D eigenvalue weighted by molar-refractivity contribution is 7.18. The van der Waals surface area contributed by atoms with Crippen LogP contribution in [0, 0.1) is 0 Å². The summed E-state index contributed by atoms with van der Waals surface area (Å²) in [5, 5.41) is 4.53. The number of hydrogen-bond donors (Lipinski definition) is 2. The van der Waals surface area contributed by atoms with Crippen molar-refractivity contribution >= 4 is 43.8 Å². The zero-order valence-corrected chi connectivity index (χ0v) is 11.9. The first-order valence-electron chi connectivity index (χ1n) is 6.79. The van der Waals surface area contributed by atoms with Crippen LogP contribution in [0.5, 0.6) is 0 Å². The molecule has 0 aliphatic carbocycles. The normalized spacial score (nSPS) is 19.2. The van der Waals surface area contributed by atoms with E-state index in [1.807, 2.05) is 12.1 Å². The van der Waals surface area contributed by atoms with Crippen LogP contribution in [-0.4, -0.2) is 24.1 Å². The fourth-order valence-electron chi connectivity index (χ4n) is 2.92. The number of nitrogen functional groups attached to an aromatic ring is 1. The van der Waals surface area contributed by atoms with Gasteiger partial charge in [-0.1, -0.05) is 0 Å². The number of anilines is 2. The van der Waals surface area contributed by atoms with E-state index >= 15 is 0 Å². The molecule has 1 aliphatic rings. The van der Waals surface area contributed by atoms with Gasteiger partial charge in [-0.25, -0.2) is 4.98 Å². The van der Waals surface area contributed by atoms with Crippen molar-refractivity contribution in [2.45, 2.75) is 12.5 Å². The Bertz CT molecular complexity index is 795. The number of rotatable bonds is 1. The Balaban J connectivity index is 2.00. The third kappa shape index (κ3) is 1.74. The Morgan fingerprint density at radius 3 is 2.95 bits per heavy atom. The zero-order chi connectivity index (χ0) is 13.7. The van der Waals surface area contributed by atoms with Crippen LogP contribution < -0.4 is 16.4 Å². The molecular weight excluding hydrogens is 268 g/mol. The summed E-state index contributed by atoms with van der Waals surface area (Å²) >= 11 is 1.76. The van der Waals surface area contributed by atoms with Gasteiger partial charge in [0.2, 0.25) is 0 Å². The van der Waals surface area contributed by atoms with Crippen molar-refractivity contribution < 1.29 is 0 Å². The number of pyridine rings is 1. The van der Waals surface area contributed by atoms with Gasteiger partial charge in [0, 0.05) is 40.3 Å². The molecule has 1 atom stereocenters. The lowest BCUT2D eigenvalue weighted by Crippen LogP contribution is -2.27. The topological polar surface area (TPSA) is 68.2 Å². The molecule has 4 N–H and O–H groups in total. The fourth-order valence-corrected chi connectivity index (χ4v) is 3.85. The summed E-state index contributed by atoms with van der Waals surface area (Å²) in [4.78, 5) is 7.14. The van der Waals surface area contributed by atoms with Gasteiger partial charge in [-0.3, -0.25) is 0 Å². The minimum Gasteiger partial charge on any atom is -0.399 e. The molecule has 20 heavy (non-hydrogen) atoms. The number of fused-ring (bicyclic) bond motifs is 3. The lowest BCUT2D eigenvalue weighted by atomic mass is 10.1. The van der Waals surface area contributed by atoms with Crippen molar-refractivity contribution in [2.24, 2.45) is 5.73 Å². The molecule has 1 saturated heterocycles. The second kappa shape index (κ2) is 4.33. The average Bonchev–Trinajstić information content (AvgIpc) is 3.06. The van der Waals surface area contributed by atoms with E-state index in [0.29, 0.717) is 0 Å². The van der Waals surface area contributed by atoms with Gasteiger partial charge in [0.25, 0.3) is 0 Å². The first-order valence-corrected chi connectivity index (χ1v) is 7.67. The van der Waals surface area contributed by atoms with Gasteiger partial charge >= 0.3 is 0 Å². The Morgan fingerprint density at radius 1 is 1.25 bits per heavy atom. The quantitative estimate of drug-likeness (QED) is 0.674. The van der Waals surface area contributed by atoms with Crippen LogP contribution >= 0.6 is 11.3 Å². The van der Waals surface area contributed by atoms with Gasteiger partial charge in [0.15, 0.2) is 0 Å². The molecule has 0 radical (unpaired) electrons. The highest BCUT2D eigenvalue weighted by Gasteiger charge is 2.23. The molecule has 3 heterocycles. The van der Waals surface area contributed by atoms with Gasteiger partial charge in [-0.2, -0.15) is 0 Å². The first-order chi connectivity index (χ1) is 9.72. The van der Waals surface area contributed by atoms with Gasteiger partial charge < -0.3 is 16.4 Å². The van der Waals surface area contributed by atoms with E-state index in [2.05, 4.69) is 22.4 Å². The maximum atomic E-state index is 6.03. The lowest BCUT2D eigenvalue weighted by Gasteiger charge is -2.19. The second-order valence-electron chi connectivity index (χ2n) is 5.37. The lowest BCUT2D eigenvalue weighted by molar-refractivity contribution is 0.752. The van der Waals surface area contributed by atoms with Crippen molar-refractivity contribution in [2.75, 3.05) is 23.7 Å². The maximum Gasteiger partial charge on any atom is 0.138 e. The molecule has 5 heteroatoms. The van der Waals surface area contributed by atoms with E-state index in [4.69, 9.17) is 16.5 Å². The molecular formula is C15H16N4S. The first kappa shape index (κ1) is 11.9. The Labute approximate surface area is 121 Å². The average molecular weight is 284 g/mol. The Morgan fingerprint density at radius 2 is 2.15 bits per heavy atom. The zero-order valence-electron chi connectivity index (χ0n) is 11.0. The SMILES string of the molecule is Nc1ccc2c(c1)nc(N1CCC(N)C1)c1ccsc12. The standard InChI is InChI=1S/C15H16N4S/c16-9-1-2-11-13(7-9)18-15(12-4-6-20-14(11)12)19-5-3-10(17)8-19/h1-2,4,6-7,10H,3,5,8,16-17H2. The molecule has 3 aromatic rings. The van der Waals surface area contributed by atoms with E-state index in [1.165, 1.54) is 15.5 Å². The molecule has 2 aromatic heterocycles.